The van der Waals surface area contributed by atoms with Gasteiger partial charge in [-0.15, -0.1) is 0 Å². The van der Waals surface area contributed by atoms with E-state index in [0.29, 0.717) is 18.4 Å². The number of aromatic nitrogens is 2. The second-order valence-corrected chi connectivity index (χ2v) is 7.98. The molecule has 162 valence electrons. The minimum atomic E-state index is -0.737. The van der Waals surface area contributed by atoms with Crippen molar-refractivity contribution in [2.24, 2.45) is 11.7 Å². The van der Waals surface area contributed by atoms with E-state index in [-0.39, 0.29) is 53.6 Å². The van der Waals surface area contributed by atoms with E-state index in [1.54, 1.807) is 18.2 Å². The fourth-order valence-corrected chi connectivity index (χ4v) is 4.26. The molecule has 0 amide bonds. The van der Waals surface area contributed by atoms with E-state index in [4.69, 9.17) is 10.3 Å². The minimum Gasteiger partial charge on any atom is -0.339 e. The van der Waals surface area contributed by atoms with Crippen molar-refractivity contribution in [1.29, 1.82) is 0 Å². The highest BCUT2D eigenvalue weighted by Gasteiger charge is 2.37. The molecule has 2 N–H and O–H groups in total. The van der Waals surface area contributed by atoms with E-state index in [2.05, 4.69) is 10.1 Å². The van der Waals surface area contributed by atoms with Gasteiger partial charge in [0.2, 0.25) is 11.7 Å². The molecule has 0 bridgehead atoms. The average molecular weight is 429 g/mol. The average Bonchev–Trinajstić information content (AvgIpc) is 3.38. The molecule has 1 saturated carbocycles. The molecule has 0 aliphatic heterocycles. The summed E-state index contributed by atoms with van der Waals surface area (Å²) >= 11 is 0. The summed E-state index contributed by atoms with van der Waals surface area (Å²) in [4.78, 5) is 17.2. The standard InChI is InChI=1S/C23H22F3N3O2/c24-15-8-14(9-16(25)11-15)22-28-23(31-29-22)19-6-3-5-18(19)21(30)12-17(27)10-13-4-1-2-7-20(13)26/h1-2,4,7-9,11,17-19H,3,5-6,10,12,27H2/t17-,18?,19-/m1/s1. The van der Waals surface area contributed by atoms with Gasteiger partial charge < -0.3 is 10.3 Å². The lowest BCUT2D eigenvalue weighted by Crippen LogP contribution is -2.30. The highest BCUT2D eigenvalue weighted by Crippen LogP contribution is 2.40. The van der Waals surface area contributed by atoms with Crippen LogP contribution in [0, 0.1) is 23.4 Å². The van der Waals surface area contributed by atoms with E-state index in [1.807, 2.05) is 0 Å². The Balaban J connectivity index is 1.45. The summed E-state index contributed by atoms with van der Waals surface area (Å²) in [5.74, 6) is -2.09. The number of rotatable bonds is 7. The van der Waals surface area contributed by atoms with E-state index < -0.39 is 17.7 Å². The number of benzene rings is 2. The van der Waals surface area contributed by atoms with Crippen LogP contribution in [0.25, 0.3) is 11.4 Å². The SMILES string of the molecule is N[C@@H](CC(=O)C1CCC[C@H]1c1nc(-c2cc(F)cc(F)c2)no1)Cc1ccccc1F. The number of Topliss-reactive ketones (excluding diaryl/α,β-unsaturated/α-hetero) is 1. The highest BCUT2D eigenvalue weighted by atomic mass is 19.1. The summed E-state index contributed by atoms with van der Waals surface area (Å²) in [7, 11) is 0. The molecule has 0 saturated heterocycles. The monoisotopic (exact) mass is 429 g/mol. The van der Waals surface area contributed by atoms with Crippen molar-refractivity contribution in [2.75, 3.05) is 0 Å². The molecule has 31 heavy (non-hydrogen) atoms. The summed E-state index contributed by atoms with van der Waals surface area (Å²) in [5.41, 5.74) is 6.77. The fourth-order valence-electron chi connectivity index (χ4n) is 4.26. The number of nitrogens with two attached hydrogens (primary N) is 1. The zero-order chi connectivity index (χ0) is 22.0. The van der Waals surface area contributed by atoms with Gasteiger partial charge in [0.25, 0.3) is 0 Å². The molecule has 1 aliphatic rings. The second kappa shape index (κ2) is 9.01. The molecule has 1 aromatic heterocycles. The van der Waals surface area contributed by atoms with Gasteiger partial charge in [-0.05, 0) is 43.0 Å². The Morgan fingerprint density at radius 3 is 2.61 bits per heavy atom. The van der Waals surface area contributed by atoms with Crippen LogP contribution in [-0.2, 0) is 11.2 Å². The number of halogens is 3. The summed E-state index contributed by atoms with van der Waals surface area (Å²) in [5, 5.41) is 3.84. The van der Waals surface area contributed by atoms with E-state index in [0.717, 1.165) is 24.6 Å². The summed E-state index contributed by atoms with van der Waals surface area (Å²) in [6.45, 7) is 0. The van der Waals surface area contributed by atoms with Gasteiger partial charge in [0.15, 0.2) is 0 Å². The lowest BCUT2D eigenvalue weighted by atomic mass is 9.87. The zero-order valence-corrected chi connectivity index (χ0v) is 16.7. The quantitative estimate of drug-likeness (QED) is 0.595. The van der Waals surface area contributed by atoms with Gasteiger partial charge in [-0.3, -0.25) is 4.79 Å². The van der Waals surface area contributed by atoms with Crippen LogP contribution in [0.1, 0.15) is 43.1 Å². The maximum Gasteiger partial charge on any atom is 0.230 e. The second-order valence-electron chi connectivity index (χ2n) is 7.98. The Morgan fingerprint density at radius 2 is 1.87 bits per heavy atom. The molecule has 0 spiro atoms. The van der Waals surface area contributed by atoms with Crippen molar-refractivity contribution in [3.8, 4) is 11.4 Å². The van der Waals surface area contributed by atoms with Crippen molar-refractivity contribution in [3.05, 3.63) is 71.4 Å². The molecule has 3 atom stereocenters. The number of carbonyl (C=O) groups is 1. The summed E-state index contributed by atoms with van der Waals surface area (Å²) in [6, 6.07) is 8.88. The normalized spacial score (nSPS) is 19.5. The first kappa shape index (κ1) is 21.2. The highest BCUT2D eigenvalue weighted by molar-refractivity contribution is 5.82. The topological polar surface area (TPSA) is 82.0 Å². The Labute approximate surface area is 177 Å². The van der Waals surface area contributed by atoms with Crippen LogP contribution in [0.3, 0.4) is 0 Å². The van der Waals surface area contributed by atoms with E-state index >= 15 is 0 Å². The van der Waals surface area contributed by atoms with Gasteiger partial charge >= 0.3 is 0 Å². The number of hydrogen-bond donors (Lipinski definition) is 1. The van der Waals surface area contributed by atoms with Crippen LogP contribution in [-0.4, -0.2) is 22.0 Å². The first-order valence-corrected chi connectivity index (χ1v) is 10.2. The molecule has 0 radical (unpaired) electrons. The molecule has 5 nitrogen and oxygen atoms in total. The van der Waals surface area contributed by atoms with Crippen LogP contribution < -0.4 is 5.73 Å². The summed E-state index contributed by atoms with van der Waals surface area (Å²) in [6.07, 6.45) is 2.56. The third-order valence-corrected chi connectivity index (χ3v) is 5.71. The Kier molecular flexibility index (Phi) is 6.18. The first-order valence-electron chi connectivity index (χ1n) is 10.2. The molecular formula is C23H22F3N3O2. The van der Waals surface area contributed by atoms with Gasteiger partial charge in [-0.2, -0.15) is 4.98 Å². The van der Waals surface area contributed by atoms with Gasteiger partial charge in [-0.25, -0.2) is 13.2 Å². The lowest BCUT2D eigenvalue weighted by Gasteiger charge is -2.18. The van der Waals surface area contributed by atoms with Crippen molar-refractivity contribution >= 4 is 5.78 Å². The van der Waals surface area contributed by atoms with Gasteiger partial charge in [0, 0.05) is 35.9 Å². The molecule has 1 unspecified atom stereocenters. The van der Waals surface area contributed by atoms with Gasteiger partial charge in [-0.1, -0.05) is 29.8 Å². The number of hydrogen-bond acceptors (Lipinski definition) is 5. The molecule has 1 heterocycles. The predicted molar refractivity (Wildman–Crippen MR) is 107 cm³/mol. The predicted octanol–water partition coefficient (Wildman–Crippen LogP) is 4.57. The fraction of sp³-hybridized carbons (Fsp3) is 0.348. The van der Waals surface area contributed by atoms with Crippen LogP contribution >= 0.6 is 0 Å². The van der Waals surface area contributed by atoms with Crippen molar-refractivity contribution in [3.63, 3.8) is 0 Å². The molecule has 1 fully saturated rings. The first-order chi connectivity index (χ1) is 14.9. The Morgan fingerprint density at radius 1 is 1.13 bits per heavy atom. The van der Waals surface area contributed by atoms with Gasteiger partial charge in [0.1, 0.15) is 23.2 Å². The van der Waals surface area contributed by atoms with E-state index in [9.17, 15) is 18.0 Å². The number of nitrogens with zero attached hydrogens (tertiary/aromatic N) is 2. The van der Waals surface area contributed by atoms with E-state index in [1.165, 1.54) is 6.07 Å². The third kappa shape index (κ3) is 4.85. The molecule has 2 aromatic carbocycles. The molecular weight excluding hydrogens is 407 g/mol. The van der Waals surface area contributed by atoms with Crippen molar-refractivity contribution in [1.82, 2.24) is 10.1 Å². The van der Waals surface area contributed by atoms with Crippen LogP contribution in [0.4, 0.5) is 13.2 Å². The largest absolute Gasteiger partial charge is 0.339 e. The Bertz CT molecular complexity index is 1070. The minimum absolute atomic E-state index is 0.0251. The van der Waals surface area contributed by atoms with Crippen LogP contribution in [0.5, 0.6) is 0 Å². The molecule has 3 aromatic rings. The molecule has 8 heteroatoms. The number of carbonyl (C=O) groups excluding carboxylic acids is 1. The number of ketones is 1. The summed E-state index contributed by atoms with van der Waals surface area (Å²) < 4.78 is 46.2. The zero-order valence-electron chi connectivity index (χ0n) is 16.7. The van der Waals surface area contributed by atoms with Crippen molar-refractivity contribution in [2.45, 2.75) is 44.1 Å². The van der Waals surface area contributed by atoms with Crippen LogP contribution in [0.15, 0.2) is 47.0 Å². The Hall–Kier alpha value is -3.00. The van der Waals surface area contributed by atoms with Crippen LogP contribution in [0.2, 0.25) is 0 Å². The molecule has 4 rings (SSSR count). The smallest absolute Gasteiger partial charge is 0.230 e. The molecule has 1 aliphatic carbocycles. The van der Waals surface area contributed by atoms with Gasteiger partial charge in [0.05, 0.1) is 0 Å². The lowest BCUT2D eigenvalue weighted by molar-refractivity contribution is -0.123. The maximum absolute atomic E-state index is 13.8. The third-order valence-electron chi connectivity index (χ3n) is 5.71. The van der Waals surface area contributed by atoms with Crippen molar-refractivity contribution < 1.29 is 22.5 Å². The maximum atomic E-state index is 13.8.